The van der Waals surface area contributed by atoms with Crippen LogP contribution in [0.25, 0.3) is 0 Å². The maximum Gasteiger partial charge on any atom is 0.240 e. The lowest BCUT2D eigenvalue weighted by molar-refractivity contribution is 0.135. The van der Waals surface area contributed by atoms with E-state index in [-0.39, 0.29) is 6.61 Å². The molecule has 5 heteroatoms. The van der Waals surface area contributed by atoms with Gasteiger partial charge < -0.3 is 9.63 Å². The van der Waals surface area contributed by atoms with Gasteiger partial charge in [0.2, 0.25) is 5.89 Å². The van der Waals surface area contributed by atoms with Gasteiger partial charge in [-0.3, -0.25) is 4.90 Å². The van der Waals surface area contributed by atoms with Gasteiger partial charge in [-0.05, 0) is 43.2 Å². The highest BCUT2D eigenvalue weighted by Crippen LogP contribution is 2.35. The topological polar surface area (TPSA) is 62.4 Å². The minimum atomic E-state index is 0.204. The lowest BCUT2D eigenvalue weighted by Crippen LogP contribution is -2.32. The van der Waals surface area contributed by atoms with Crippen molar-refractivity contribution >= 4 is 0 Å². The van der Waals surface area contributed by atoms with Crippen molar-refractivity contribution in [1.29, 1.82) is 0 Å². The minimum Gasteiger partial charge on any atom is -0.396 e. The van der Waals surface area contributed by atoms with Crippen molar-refractivity contribution in [2.24, 2.45) is 0 Å². The number of aromatic nitrogens is 2. The number of fused-ring (bicyclic) bond motifs is 1. The quantitative estimate of drug-likeness (QED) is 0.805. The molecule has 5 nitrogen and oxygen atoms in total. The normalized spacial score (nSPS) is 17.2. The van der Waals surface area contributed by atoms with Gasteiger partial charge in [0, 0.05) is 25.6 Å². The molecule has 1 unspecified atom stereocenters. The van der Waals surface area contributed by atoms with E-state index in [0.29, 0.717) is 18.5 Å². The molecule has 0 spiro atoms. The maximum absolute atomic E-state index is 9.27. The van der Waals surface area contributed by atoms with Crippen molar-refractivity contribution in [2.45, 2.75) is 58.0 Å². The van der Waals surface area contributed by atoms with Gasteiger partial charge in [-0.2, -0.15) is 4.98 Å². The molecular weight excluding hydrogens is 302 g/mol. The van der Waals surface area contributed by atoms with Crippen LogP contribution in [0, 0.1) is 0 Å². The van der Waals surface area contributed by atoms with E-state index in [9.17, 15) is 5.11 Å². The average Bonchev–Trinajstić information content (AvgIpc) is 3.05. The summed E-state index contributed by atoms with van der Waals surface area (Å²) in [5.41, 5.74) is 2.86. The second-order valence-electron chi connectivity index (χ2n) is 6.51. The van der Waals surface area contributed by atoms with Crippen LogP contribution in [-0.4, -0.2) is 33.3 Å². The molecule has 3 rings (SSSR count). The standard InChI is InChI=1S/C19H27N3O2/c1-2-7-18-20-19(24-21-18)14-22(12-6-13-23)17-11-5-9-15-8-3-4-10-16(15)17/h3-4,8,10,17,23H,2,5-7,9,11-14H2,1H3. The molecule has 1 aromatic heterocycles. The zero-order chi connectivity index (χ0) is 16.8. The molecule has 2 aromatic rings. The highest BCUT2D eigenvalue weighted by atomic mass is 16.5. The summed E-state index contributed by atoms with van der Waals surface area (Å²) in [4.78, 5) is 6.90. The molecule has 0 saturated carbocycles. The number of nitrogens with zero attached hydrogens (tertiary/aromatic N) is 3. The number of aliphatic hydroxyl groups is 1. The lowest BCUT2D eigenvalue weighted by Gasteiger charge is -2.35. The fourth-order valence-electron chi connectivity index (χ4n) is 3.58. The molecule has 0 saturated heterocycles. The Hall–Kier alpha value is -1.72. The zero-order valence-corrected chi connectivity index (χ0v) is 14.4. The molecule has 1 N–H and O–H groups in total. The fraction of sp³-hybridized carbons (Fsp3) is 0.579. The summed E-state index contributed by atoms with van der Waals surface area (Å²) < 4.78 is 5.44. The monoisotopic (exact) mass is 329 g/mol. The Morgan fingerprint density at radius 1 is 1.33 bits per heavy atom. The molecule has 0 bridgehead atoms. The van der Waals surface area contributed by atoms with Gasteiger partial charge in [-0.15, -0.1) is 0 Å². The number of rotatable bonds is 8. The predicted octanol–water partition coefficient (Wildman–Crippen LogP) is 3.28. The molecule has 0 amide bonds. The number of hydrogen-bond acceptors (Lipinski definition) is 5. The van der Waals surface area contributed by atoms with E-state index in [2.05, 4.69) is 46.2 Å². The zero-order valence-electron chi connectivity index (χ0n) is 14.4. The van der Waals surface area contributed by atoms with Gasteiger partial charge >= 0.3 is 0 Å². The maximum atomic E-state index is 9.27. The first kappa shape index (κ1) is 17.1. The summed E-state index contributed by atoms with van der Waals surface area (Å²) in [6, 6.07) is 9.07. The van der Waals surface area contributed by atoms with E-state index >= 15 is 0 Å². The Balaban J connectivity index is 1.78. The van der Waals surface area contributed by atoms with Crippen molar-refractivity contribution in [2.75, 3.05) is 13.2 Å². The minimum absolute atomic E-state index is 0.204. The summed E-state index contributed by atoms with van der Waals surface area (Å²) in [5, 5.41) is 13.3. The molecule has 1 aromatic carbocycles. The van der Waals surface area contributed by atoms with Crippen LogP contribution in [0.15, 0.2) is 28.8 Å². The van der Waals surface area contributed by atoms with Crippen molar-refractivity contribution in [3.8, 4) is 0 Å². The van der Waals surface area contributed by atoms with E-state index in [1.165, 1.54) is 17.5 Å². The Bertz CT molecular complexity index is 641. The van der Waals surface area contributed by atoms with Crippen LogP contribution in [0.5, 0.6) is 0 Å². The smallest absolute Gasteiger partial charge is 0.240 e. The molecule has 0 fully saturated rings. The van der Waals surface area contributed by atoms with Crippen LogP contribution >= 0.6 is 0 Å². The highest BCUT2D eigenvalue weighted by Gasteiger charge is 2.26. The van der Waals surface area contributed by atoms with Crippen molar-refractivity contribution in [3.05, 3.63) is 47.1 Å². The molecule has 130 valence electrons. The molecule has 1 aliphatic rings. The Morgan fingerprint density at radius 3 is 3.04 bits per heavy atom. The van der Waals surface area contributed by atoms with Gasteiger partial charge in [-0.1, -0.05) is 36.3 Å². The SMILES string of the molecule is CCCc1noc(CN(CCCO)C2CCCc3ccccc32)n1. The first-order valence-electron chi connectivity index (χ1n) is 9.06. The first-order valence-corrected chi connectivity index (χ1v) is 9.06. The number of aliphatic hydroxyl groups excluding tert-OH is 1. The Kier molecular flexibility index (Phi) is 5.99. The third-order valence-electron chi connectivity index (χ3n) is 4.70. The van der Waals surface area contributed by atoms with E-state index in [4.69, 9.17) is 4.52 Å². The third-order valence-corrected chi connectivity index (χ3v) is 4.70. The molecule has 1 heterocycles. The second-order valence-corrected chi connectivity index (χ2v) is 6.51. The predicted molar refractivity (Wildman–Crippen MR) is 92.5 cm³/mol. The first-order chi connectivity index (χ1) is 11.8. The summed E-state index contributed by atoms with van der Waals surface area (Å²) in [6.45, 7) is 3.80. The largest absolute Gasteiger partial charge is 0.396 e. The highest BCUT2D eigenvalue weighted by molar-refractivity contribution is 5.32. The van der Waals surface area contributed by atoms with E-state index < -0.39 is 0 Å². The van der Waals surface area contributed by atoms with Crippen molar-refractivity contribution in [1.82, 2.24) is 15.0 Å². The van der Waals surface area contributed by atoms with Gasteiger partial charge in [0.05, 0.1) is 6.54 Å². The number of hydrogen-bond donors (Lipinski definition) is 1. The summed E-state index contributed by atoms with van der Waals surface area (Å²) >= 11 is 0. The number of aryl methyl sites for hydroxylation is 2. The van der Waals surface area contributed by atoms with E-state index in [0.717, 1.165) is 44.5 Å². The fourth-order valence-corrected chi connectivity index (χ4v) is 3.58. The molecule has 24 heavy (non-hydrogen) atoms. The van der Waals surface area contributed by atoms with Crippen LogP contribution < -0.4 is 0 Å². The van der Waals surface area contributed by atoms with E-state index in [1.807, 2.05) is 0 Å². The second kappa shape index (κ2) is 8.40. The van der Waals surface area contributed by atoms with Crippen LogP contribution in [0.4, 0.5) is 0 Å². The van der Waals surface area contributed by atoms with Gasteiger partial charge in [0.25, 0.3) is 0 Å². The average molecular weight is 329 g/mol. The Morgan fingerprint density at radius 2 is 2.21 bits per heavy atom. The third kappa shape index (κ3) is 4.02. The van der Waals surface area contributed by atoms with E-state index in [1.54, 1.807) is 0 Å². The van der Waals surface area contributed by atoms with Crippen molar-refractivity contribution < 1.29 is 9.63 Å². The van der Waals surface area contributed by atoms with Gasteiger partial charge in [0.15, 0.2) is 5.82 Å². The van der Waals surface area contributed by atoms with Gasteiger partial charge in [0.1, 0.15) is 0 Å². The molecule has 0 radical (unpaired) electrons. The lowest BCUT2D eigenvalue weighted by atomic mass is 9.86. The molecule has 0 aliphatic heterocycles. The van der Waals surface area contributed by atoms with Crippen LogP contribution in [0.1, 0.15) is 61.5 Å². The van der Waals surface area contributed by atoms with Crippen LogP contribution in [0.3, 0.4) is 0 Å². The Labute approximate surface area is 143 Å². The number of benzene rings is 1. The van der Waals surface area contributed by atoms with Crippen molar-refractivity contribution in [3.63, 3.8) is 0 Å². The van der Waals surface area contributed by atoms with Gasteiger partial charge in [-0.25, -0.2) is 0 Å². The van der Waals surface area contributed by atoms with Crippen LogP contribution in [-0.2, 0) is 19.4 Å². The summed E-state index contributed by atoms with van der Waals surface area (Å²) in [6.07, 6.45) is 6.12. The summed E-state index contributed by atoms with van der Waals surface area (Å²) in [7, 11) is 0. The summed E-state index contributed by atoms with van der Waals surface area (Å²) in [5.74, 6) is 1.47. The molecular formula is C19H27N3O2. The molecule has 1 aliphatic carbocycles. The molecule has 1 atom stereocenters. The van der Waals surface area contributed by atoms with Crippen LogP contribution in [0.2, 0.25) is 0 Å².